The zero-order chi connectivity index (χ0) is 32.6. The monoisotopic (exact) mass is 641 g/mol. The van der Waals surface area contributed by atoms with Crippen molar-refractivity contribution in [2.24, 2.45) is 5.10 Å². The van der Waals surface area contributed by atoms with Gasteiger partial charge >= 0.3 is 18.4 Å². The van der Waals surface area contributed by atoms with Crippen LogP contribution in [0.5, 0.6) is 0 Å². The van der Waals surface area contributed by atoms with Crippen molar-refractivity contribution < 1.29 is 39.6 Å². The standard InChI is InChI=1S/C30H31F6N4O3S/c1-28(2,3)38-44(42,43)26-12-7-4-9-23(26)22-15-13-21(14-16-22)19-39-20-37-40(27(39)41,18-8-17-29(31,32)33)25-11-6-5-10-24(25)30(34,35)36/h4-7,9-16,20,38H,8,17-19H2,1-3H3/q+1. The van der Waals surface area contributed by atoms with Gasteiger partial charge in [-0.25, -0.2) is 22.8 Å². The van der Waals surface area contributed by atoms with Gasteiger partial charge in [-0.3, -0.25) is 0 Å². The summed E-state index contributed by atoms with van der Waals surface area (Å²) in [5, 5.41) is 4.07. The Morgan fingerprint density at radius 1 is 0.864 bits per heavy atom. The van der Waals surface area contributed by atoms with Crippen LogP contribution in [0, 0.1) is 0 Å². The molecule has 1 N–H and O–H groups in total. The number of alkyl halides is 6. The van der Waals surface area contributed by atoms with Gasteiger partial charge in [-0.2, -0.15) is 26.3 Å². The van der Waals surface area contributed by atoms with E-state index in [9.17, 15) is 39.6 Å². The van der Waals surface area contributed by atoms with E-state index < -0.39 is 69.2 Å². The summed E-state index contributed by atoms with van der Waals surface area (Å²) in [5.74, 6) is 0. The Morgan fingerprint density at radius 2 is 1.48 bits per heavy atom. The molecule has 0 saturated heterocycles. The number of nitrogens with one attached hydrogen (secondary N) is 1. The third kappa shape index (κ3) is 7.48. The molecular formula is C30H31F6N4O3S+. The van der Waals surface area contributed by atoms with Crippen molar-refractivity contribution in [2.75, 3.05) is 6.54 Å². The van der Waals surface area contributed by atoms with Gasteiger partial charge in [0.2, 0.25) is 10.0 Å². The number of carbonyl (C=O) groups excluding carboxylic acids is 1. The van der Waals surface area contributed by atoms with Gasteiger partial charge in [0.25, 0.3) is 0 Å². The molecule has 1 aliphatic heterocycles. The highest BCUT2D eigenvalue weighted by atomic mass is 32.2. The van der Waals surface area contributed by atoms with Crippen molar-refractivity contribution >= 4 is 28.1 Å². The number of para-hydroxylation sites is 1. The van der Waals surface area contributed by atoms with Gasteiger partial charge in [0.05, 0.1) is 11.4 Å². The molecule has 14 heteroatoms. The lowest BCUT2D eigenvalue weighted by Crippen LogP contribution is -2.52. The topological polar surface area (TPSA) is 78.8 Å². The van der Waals surface area contributed by atoms with Crippen molar-refractivity contribution in [1.82, 2.24) is 14.2 Å². The van der Waals surface area contributed by atoms with E-state index in [0.717, 1.165) is 29.4 Å². The number of quaternary nitrogens is 1. The van der Waals surface area contributed by atoms with E-state index in [1.54, 1.807) is 63.2 Å². The van der Waals surface area contributed by atoms with Gasteiger partial charge in [0, 0.05) is 30.0 Å². The Labute approximate surface area is 251 Å². The predicted octanol–water partition coefficient (Wildman–Crippen LogP) is 7.68. The molecule has 0 radical (unpaired) electrons. The van der Waals surface area contributed by atoms with Gasteiger partial charge in [-0.05, 0) is 44.0 Å². The quantitative estimate of drug-likeness (QED) is 0.192. The average molecular weight is 642 g/mol. The summed E-state index contributed by atoms with van der Waals surface area (Å²) in [7, 11) is -3.88. The lowest BCUT2D eigenvalue weighted by Gasteiger charge is -2.28. The highest BCUT2D eigenvalue weighted by molar-refractivity contribution is 7.89. The molecule has 44 heavy (non-hydrogen) atoms. The summed E-state index contributed by atoms with van der Waals surface area (Å²) in [4.78, 5) is 14.8. The van der Waals surface area contributed by atoms with E-state index in [1.807, 2.05) is 0 Å². The summed E-state index contributed by atoms with van der Waals surface area (Å²) in [5.41, 5.74) is -0.941. The average Bonchev–Trinajstić information content (AvgIpc) is 3.22. The van der Waals surface area contributed by atoms with Crippen molar-refractivity contribution in [2.45, 2.75) is 62.9 Å². The molecule has 0 aromatic heterocycles. The van der Waals surface area contributed by atoms with Gasteiger partial charge in [0.15, 0.2) is 12.0 Å². The van der Waals surface area contributed by atoms with E-state index in [0.29, 0.717) is 16.7 Å². The number of sulfonamides is 1. The molecule has 0 spiro atoms. The number of amides is 2. The van der Waals surface area contributed by atoms with E-state index in [1.165, 1.54) is 12.1 Å². The van der Waals surface area contributed by atoms with Crippen LogP contribution in [0.25, 0.3) is 11.1 Å². The van der Waals surface area contributed by atoms with Crippen LogP contribution in [0.3, 0.4) is 0 Å². The highest BCUT2D eigenvalue weighted by Crippen LogP contribution is 2.42. The minimum Gasteiger partial charge on any atom is -0.240 e. The molecule has 4 rings (SSSR count). The molecule has 0 bridgehead atoms. The normalized spacial score (nSPS) is 17.8. The summed E-state index contributed by atoms with van der Waals surface area (Å²) in [6.07, 6.45) is -10.3. The van der Waals surface area contributed by atoms with Gasteiger partial charge in [-0.15, -0.1) is 0 Å². The fourth-order valence-electron chi connectivity index (χ4n) is 4.94. The molecule has 1 heterocycles. The first-order valence-corrected chi connectivity index (χ1v) is 15.0. The second-order valence-electron chi connectivity index (χ2n) is 11.4. The number of hydrogen-bond donors (Lipinski definition) is 1. The van der Waals surface area contributed by atoms with E-state index >= 15 is 0 Å². The van der Waals surface area contributed by atoms with Crippen LogP contribution in [0.4, 0.5) is 36.8 Å². The molecular weight excluding hydrogens is 610 g/mol. The Hall–Kier alpha value is -3.75. The molecule has 3 aromatic rings. The van der Waals surface area contributed by atoms with E-state index in [-0.39, 0.29) is 11.4 Å². The smallest absolute Gasteiger partial charge is 0.240 e. The molecule has 1 aliphatic rings. The number of urea groups is 1. The van der Waals surface area contributed by atoms with Crippen molar-refractivity contribution in [1.29, 1.82) is 0 Å². The number of nitrogens with zero attached hydrogens (tertiary/aromatic N) is 3. The van der Waals surface area contributed by atoms with E-state index in [4.69, 9.17) is 0 Å². The van der Waals surface area contributed by atoms with Crippen molar-refractivity contribution in [3.63, 3.8) is 0 Å². The van der Waals surface area contributed by atoms with Crippen LogP contribution < -0.4 is 9.31 Å². The zero-order valence-corrected chi connectivity index (χ0v) is 24.9. The minimum absolute atomic E-state index is 0.0637. The maximum absolute atomic E-state index is 13.9. The van der Waals surface area contributed by atoms with Crippen LogP contribution in [0.1, 0.15) is 44.7 Å². The van der Waals surface area contributed by atoms with Gasteiger partial charge < -0.3 is 0 Å². The third-order valence-electron chi connectivity index (χ3n) is 6.74. The number of benzene rings is 3. The molecule has 236 valence electrons. The second kappa shape index (κ2) is 12.0. The fourth-order valence-corrected chi connectivity index (χ4v) is 6.59. The fraction of sp³-hybridized carbons (Fsp3) is 0.333. The predicted molar refractivity (Wildman–Crippen MR) is 155 cm³/mol. The molecule has 1 unspecified atom stereocenters. The summed E-state index contributed by atoms with van der Waals surface area (Å²) in [6, 6.07) is 16.2. The maximum Gasteiger partial charge on any atom is 0.456 e. The first kappa shape index (κ1) is 33.1. The van der Waals surface area contributed by atoms with Crippen LogP contribution in [-0.2, 0) is 22.7 Å². The molecule has 2 amide bonds. The first-order chi connectivity index (χ1) is 20.3. The zero-order valence-electron chi connectivity index (χ0n) is 24.1. The number of rotatable bonds is 9. The Morgan fingerprint density at radius 3 is 2.09 bits per heavy atom. The first-order valence-electron chi connectivity index (χ1n) is 13.5. The lowest BCUT2D eigenvalue weighted by atomic mass is 10.0. The number of carbonyl (C=O) groups is 1. The van der Waals surface area contributed by atoms with E-state index in [2.05, 4.69) is 9.82 Å². The Bertz CT molecular complexity index is 1650. The molecule has 0 saturated carbocycles. The highest BCUT2D eigenvalue weighted by Gasteiger charge is 2.52. The largest absolute Gasteiger partial charge is 0.456 e. The van der Waals surface area contributed by atoms with Crippen LogP contribution in [0.2, 0.25) is 0 Å². The third-order valence-corrected chi connectivity index (χ3v) is 8.55. The SMILES string of the molecule is CC(C)(C)NS(=O)(=O)c1ccccc1-c1ccc(CN2C=N[N+](CCCC(F)(F)F)(c3ccccc3C(F)(F)F)C2=O)cc1. The van der Waals surface area contributed by atoms with Crippen LogP contribution >= 0.6 is 0 Å². The summed E-state index contributed by atoms with van der Waals surface area (Å²) < 4.78 is 108. The molecule has 0 fully saturated rings. The van der Waals surface area contributed by atoms with Crippen LogP contribution in [0.15, 0.2) is 82.8 Å². The molecule has 1 atom stereocenters. The van der Waals surface area contributed by atoms with Crippen LogP contribution in [-0.4, -0.2) is 43.9 Å². The molecule has 3 aromatic carbocycles. The molecule has 0 aliphatic carbocycles. The number of hydrogen-bond acceptors (Lipinski definition) is 4. The minimum atomic E-state index is -4.88. The Balaban J connectivity index is 1.62. The lowest BCUT2D eigenvalue weighted by molar-refractivity contribution is -0.139. The van der Waals surface area contributed by atoms with Crippen molar-refractivity contribution in [3.8, 4) is 11.1 Å². The maximum atomic E-state index is 13.9. The van der Waals surface area contributed by atoms with Gasteiger partial charge in [-0.1, -0.05) is 64.3 Å². The summed E-state index contributed by atoms with van der Waals surface area (Å²) in [6.45, 7) is 4.38. The second-order valence-corrected chi connectivity index (χ2v) is 13.1. The van der Waals surface area contributed by atoms with Gasteiger partial charge in [0.1, 0.15) is 12.1 Å². The summed E-state index contributed by atoms with van der Waals surface area (Å²) >= 11 is 0. The van der Waals surface area contributed by atoms with Crippen molar-refractivity contribution in [3.05, 3.63) is 83.9 Å². The molecule has 7 nitrogen and oxygen atoms in total. The Kier molecular flexibility index (Phi) is 9.02. The number of halogens is 6.